The number of aromatic nitrogens is 1. The summed E-state index contributed by atoms with van der Waals surface area (Å²) in [4.78, 5) is 24.4. The van der Waals surface area contributed by atoms with Crippen LogP contribution in [0.15, 0.2) is 58.4 Å². The highest BCUT2D eigenvalue weighted by Crippen LogP contribution is 2.40. The number of benzene rings is 2. The van der Waals surface area contributed by atoms with Crippen LogP contribution in [0.25, 0.3) is 10.8 Å². The number of aliphatic carboxylic acids is 1. The summed E-state index contributed by atoms with van der Waals surface area (Å²) in [5, 5.41) is 16.0. The second-order valence-corrected chi connectivity index (χ2v) is 8.35. The van der Waals surface area contributed by atoms with Crippen LogP contribution >= 0.6 is 24.2 Å². The number of carbonyl (C=O) groups is 1. The summed E-state index contributed by atoms with van der Waals surface area (Å²) in [5.41, 5.74) is 2.67. The number of anilines is 1. The highest BCUT2D eigenvalue weighted by atomic mass is 35.5. The molecule has 5 nitrogen and oxygen atoms in total. The van der Waals surface area contributed by atoms with E-state index in [9.17, 15) is 14.7 Å². The van der Waals surface area contributed by atoms with Gasteiger partial charge in [-0.05, 0) is 35.7 Å². The zero-order valence-electron chi connectivity index (χ0n) is 16.2. The molecule has 0 bridgehead atoms. The van der Waals surface area contributed by atoms with Gasteiger partial charge in [0.15, 0.2) is 0 Å². The van der Waals surface area contributed by atoms with Crippen molar-refractivity contribution in [1.82, 2.24) is 4.57 Å². The molecule has 0 fully saturated rings. The molecule has 0 saturated heterocycles. The van der Waals surface area contributed by atoms with Crippen molar-refractivity contribution in [2.24, 2.45) is 0 Å². The van der Waals surface area contributed by atoms with Gasteiger partial charge in [-0.2, -0.15) is 0 Å². The Balaban J connectivity index is 0.00000240. The summed E-state index contributed by atoms with van der Waals surface area (Å²) in [6, 6.07) is 15.3. The molecular formula is C22H23ClN2O3S. The third-order valence-electron chi connectivity index (χ3n) is 4.96. The Morgan fingerprint density at radius 2 is 1.93 bits per heavy atom. The number of nitrogens with zero attached hydrogens (tertiary/aromatic N) is 1. The number of carboxylic acids is 1. The van der Waals surface area contributed by atoms with E-state index in [1.807, 2.05) is 32.0 Å². The van der Waals surface area contributed by atoms with E-state index in [4.69, 9.17) is 0 Å². The molecule has 4 rings (SSSR count). The van der Waals surface area contributed by atoms with E-state index in [0.717, 1.165) is 32.6 Å². The number of pyridine rings is 1. The van der Waals surface area contributed by atoms with E-state index in [0.29, 0.717) is 12.2 Å². The minimum Gasteiger partial charge on any atom is -0.480 e. The van der Waals surface area contributed by atoms with Crippen molar-refractivity contribution in [3.8, 4) is 0 Å². The number of hydrogen-bond donors (Lipinski definition) is 2. The second kappa shape index (κ2) is 8.51. The van der Waals surface area contributed by atoms with E-state index in [1.165, 1.54) is 16.3 Å². The van der Waals surface area contributed by atoms with Crippen LogP contribution in [0.2, 0.25) is 0 Å². The van der Waals surface area contributed by atoms with Crippen LogP contribution < -0.4 is 10.9 Å². The maximum absolute atomic E-state index is 12.8. The molecule has 2 aromatic carbocycles. The molecule has 29 heavy (non-hydrogen) atoms. The summed E-state index contributed by atoms with van der Waals surface area (Å²) in [7, 11) is 0. The average molecular weight is 431 g/mol. The molecule has 152 valence electrons. The molecule has 2 heterocycles. The van der Waals surface area contributed by atoms with E-state index in [-0.39, 0.29) is 24.0 Å². The van der Waals surface area contributed by atoms with Crippen molar-refractivity contribution in [2.45, 2.75) is 37.4 Å². The van der Waals surface area contributed by atoms with Gasteiger partial charge in [0.2, 0.25) is 0 Å². The first-order chi connectivity index (χ1) is 13.5. The Hall–Kier alpha value is -2.44. The predicted molar refractivity (Wildman–Crippen MR) is 121 cm³/mol. The fraction of sp³-hybridized carbons (Fsp3) is 0.273. The molecule has 1 aliphatic rings. The van der Waals surface area contributed by atoms with Gasteiger partial charge in [-0.25, -0.2) is 4.79 Å². The molecule has 1 unspecified atom stereocenters. The lowest BCUT2D eigenvalue weighted by Crippen LogP contribution is -2.30. The molecule has 2 N–H and O–H groups in total. The average Bonchev–Trinajstić information content (AvgIpc) is 3.11. The first-order valence-corrected chi connectivity index (χ1v) is 10.3. The summed E-state index contributed by atoms with van der Waals surface area (Å²) >= 11 is 1.44. The van der Waals surface area contributed by atoms with E-state index in [1.54, 1.807) is 6.07 Å². The summed E-state index contributed by atoms with van der Waals surface area (Å²) in [5.74, 6) is -0.597. The first kappa shape index (κ1) is 21.3. The van der Waals surface area contributed by atoms with Crippen LogP contribution in [0.5, 0.6) is 0 Å². The first-order valence-electron chi connectivity index (χ1n) is 9.33. The van der Waals surface area contributed by atoms with Gasteiger partial charge in [0.05, 0.1) is 5.69 Å². The van der Waals surface area contributed by atoms with Gasteiger partial charge < -0.3 is 10.4 Å². The molecule has 0 aliphatic carbocycles. The summed E-state index contributed by atoms with van der Waals surface area (Å²) in [6.07, 6.45) is 0.609. The Kier molecular flexibility index (Phi) is 6.24. The van der Waals surface area contributed by atoms with E-state index >= 15 is 0 Å². The van der Waals surface area contributed by atoms with Crippen LogP contribution in [-0.2, 0) is 11.2 Å². The molecule has 7 heteroatoms. The Bertz CT molecular complexity index is 1120. The monoisotopic (exact) mass is 430 g/mol. The van der Waals surface area contributed by atoms with Crippen molar-refractivity contribution in [1.29, 1.82) is 0 Å². The number of halogens is 1. The molecule has 0 amide bonds. The number of carboxylic acid groups (broad SMARTS) is 1. The van der Waals surface area contributed by atoms with Gasteiger partial charge in [0, 0.05) is 24.3 Å². The standard InChI is InChI=1S/C22H22N2O3S.ClH/c1-13(2)23-20-16(10-15-8-5-7-14-6-3-4-9-17(14)15)11-19(25)24-18(22(26)27)12-28-21(20)24;/h3-9,11,13,18,23H,10,12H2,1-2H3,(H,26,27);1H. The summed E-state index contributed by atoms with van der Waals surface area (Å²) in [6.45, 7) is 4.08. The normalized spacial score (nSPS) is 15.2. The zero-order valence-corrected chi connectivity index (χ0v) is 17.8. The molecule has 0 spiro atoms. The van der Waals surface area contributed by atoms with Crippen molar-refractivity contribution in [2.75, 3.05) is 11.1 Å². The number of hydrogen-bond acceptors (Lipinski definition) is 4. The smallest absolute Gasteiger partial charge is 0.327 e. The van der Waals surface area contributed by atoms with Gasteiger partial charge >= 0.3 is 5.97 Å². The molecule has 0 saturated carbocycles. The fourth-order valence-corrected chi connectivity index (χ4v) is 5.03. The Labute approximate surface area is 179 Å². The topological polar surface area (TPSA) is 71.3 Å². The van der Waals surface area contributed by atoms with Gasteiger partial charge in [-0.15, -0.1) is 24.2 Å². The van der Waals surface area contributed by atoms with Gasteiger partial charge in [-0.3, -0.25) is 9.36 Å². The van der Waals surface area contributed by atoms with E-state index in [2.05, 4.69) is 29.6 Å². The quantitative estimate of drug-likeness (QED) is 0.620. The van der Waals surface area contributed by atoms with Crippen LogP contribution in [0, 0.1) is 0 Å². The summed E-state index contributed by atoms with van der Waals surface area (Å²) < 4.78 is 1.42. The zero-order chi connectivity index (χ0) is 19.8. The number of rotatable bonds is 5. The molecule has 1 atom stereocenters. The van der Waals surface area contributed by atoms with Crippen LogP contribution in [0.3, 0.4) is 0 Å². The minimum absolute atomic E-state index is 0. The largest absolute Gasteiger partial charge is 0.480 e. The lowest BCUT2D eigenvalue weighted by atomic mass is 9.98. The SMILES string of the molecule is CC(C)Nc1c(Cc2cccc3ccccc23)cc(=O)n2c1SCC2C(=O)O.Cl. The molecule has 1 aromatic heterocycles. The lowest BCUT2D eigenvalue weighted by Gasteiger charge is -2.20. The van der Waals surface area contributed by atoms with Gasteiger partial charge in [-0.1, -0.05) is 42.5 Å². The fourth-order valence-electron chi connectivity index (χ4n) is 3.73. The number of thioether (sulfide) groups is 1. The van der Waals surface area contributed by atoms with Gasteiger partial charge in [0.25, 0.3) is 5.56 Å². The Morgan fingerprint density at radius 1 is 1.21 bits per heavy atom. The maximum Gasteiger partial charge on any atom is 0.327 e. The molecule has 3 aromatic rings. The highest BCUT2D eigenvalue weighted by Gasteiger charge is 2.33. The van der Waals surface area contributed by atoms with Crippen molar-refractivity contribution >= 4 is 46.6 Å². The molecule has 0 radical (unpaired) electrons. The van der Waals surface area contributed by atoms with Crippen LogP contribution in [-0.4, -0.2) is 27.4 Å². The van der Waals surface area contributed by atoms with Crippen molar-refractivity contribution in [3.63, 3.8) is 0 Å². The van der Waals surface area contributed by atoms with Crippen LogP contribution in [0.1, 0.15) is 31.0 Å². The highest BCUT2D eigenvalue weighted by molar-refractivity contribution is 7.99. The second-order valence-electron chi connectivity index (χ2n) is 7.34. The number of fused-ring (bicyclic) bond motifs is 2. The van der Waals surface area contributed by atoms with Crippen molar-refractivity contribution < 1.29 is 9.90 Å². The molecular weight excluding hydrogens is 408 g/mol. The maximum atomic E-state index is 12.8. The number of nitrogens with one attached hydrogen (secondary N) is 1. The Morgan fingerprint density at radius 3 is 2.66 bits per heavy atom. The third-order valence-corrected chi connectivity index (χ3v) is 6.11. The van der Waals surface area contributed by atoms with Crippen LogP contribution in [0.4, 0.5) is 5.69 Å². The van der Waals surface area contributed by atoms with Gasteiger partial charge in [0.1, 0.15) is 11.1 Å². The van der Waals surface area contributed by atoms with Crippen molar-refractivity contribution in [3.05, 3.63) is 70.0 Å². The molecule has 1 aliphatic heterocycles. The lowest BCUT2D eigenvalue weighted by molar-refractivity contribution is -0.140. The van der Waals surface area contributed by atoms with E-state index < -0.39 is 12.0 Å². The minimum atomic E-state index is -0.967. The predicted octanol–water partition coefficient (Wildman–Crippen LogP) is 4.57. The third kappa shape index (κ3) is 4.00.